The van der Waals surface area contributed by atoms with Gasteiger partial charge in [-0.3, -0.25) is 0 Å². The van der Waals surface area contributed by atoms with Crippen LogP contribution in [0.4, 0.5) is 17.6 Å². The van der Waals surface area contributed by atoms with Gasteiger partial charge >= 0.3 is 6.61 Å². The van der Waals surface area contributed by atoms with Gasteiger partial charge in [0.15, 0.2) is 0 Å². The fourth-order valence-electron chi connectivity index (χ4n) is 1.22. The number of nitrogens with one attached hydrogen (secondary N) is 1. The van der Waals surface area contributed by atoms with E-state index >= 15 is 0 Å². The summed E-state index contributed by atoms with van der Waals surface area (Å²) in [5, 5.41) is 2.54. The van der Waals surface area contributed by atoms with E-state index in [0.29, 0.717) is 5.56 Å². The van der Waals surface area contributed by atoms with Gasteiger partial charge in [-0.25, -0.2) is 8.78 Å². The summed E-state index contributed by atoms with van der Waals surface area (Å²) in [6.07, 6.45) is -2.50. The average Bonchev–Trinajstić information content (AvgIpc) is 2.26. The molecule has 96 valence electrons. The molecule has 0 fully saturated rings. The van der Waals surface area contributed by atoms with Gasteiger partial charge in [-0.2, -0.15) is 8.78 Å². The molecule has 0 heterocycles. The minimum absolute atomic E-state index is 0.00327. The molecule has 0 saturated carbocycles. The Labute approximate surface area is 96.6 Å². The van der Waals surface area contributed by atoms with Gasteiger partial charge in [-0.05, 0) is 13.0 Å². The van der Waals surface area contributed by atoms with Crippen LogP contribution < -0.4 is 10.1 Å². The van der Waals surface area contributed by atoms with Gasteiger partial charge in [-0.1, -0.05) is 18.2 Å². The van der Waals surface area contributed by atoms with Crippen LogP contribution in [0.2, 0.25) is 0 Å². The van der Waals surface area contributed by atoms with Gasteiger partial charge < -0.3 is 10.1 Å². The highest BCUT2D eigenvalue weighted by atomic mass is 19.3. The molecule has 0 amide bonds. The zero-order valence-corrected chi connectivity index (χ0v) is 9.17. The molecule has 0 saturated heterocycles. The molecule has 0 spiro atoms. The van der Waals surface area contributed by atoms with Crippen molar-refractivity contribution < 1.29 is 22.3 Å². The van der Waals surface area contributed by atoms with Crippen LogP contribution in [0.1, 0.15) is 12.5 Å². The lowest BCUT2D eigenvalue weighted by Gasteiger charge is -2.15. The molecule has 1 aromatic carbocycles. The lowest BCUT2D eigenvalue weighted by Crippen LogP contribution is -2.32. The number of alkyl halides is 4. The van der Waals surface area contributed by atoms with E-state index in [0.717, 1.165) is 0 Å². The quantitative estimate of drug-likeness (QED) is 0.785. The molecule has 0 aliphatic rings. The smallest absolute Gasteiger partial charge is 0.387 e. The normalized spacial score (nSPS) is 13.1. The molecule has 1 N–H and O–H groups in total. The molecule has 2 nitrogen and oxygen atoms in total. The summed E-state index contributed by atoms with van der Waals surface area (Å²) in [5.74, 6) is -0.00327. The standard InChI is InChI=1S/C11H13F4NO/c1-7(10(12)13)16-6-8-4-2-3-5-9(8)17-11(14)15/h2-5,7,10-11,16H,6H2,1H3. The van der Waals surface area contributed by atoms with Crippen molar-refractivity contribution in [3.05, 3.63) is 29.8 Å². The average molecular weight is 251 g/mol. The molecule has 1 rings (SSSR count). The first kappa shape index (κ1) is 13.8. The summed E-state index contributed by atoms with van der Waals surface area (Å²) >= 11 is 0. The Morgan fingerprint density at radius 3 is 2.41 bits per heavy atom. The molecule has 6 heteroatoms. The Kier molecular flexibility index (Phi) is 5.21. The fourth-order valence-corrected chi connectivity index (χ4v) is 1.22. The van der Waals surface area contributed by atoms with Crippen LogP contribution in [0, 0.1) is 0 Å². The second-order valence-corrected chi connectivity index (χ2v) is 3.49. The lowest BCUT2D eigenvalue weighted by atomic mass is 10.2. The molecule has 17 heavy (non-hydrogen) atoms. The molecule has 0 aliphatic carbocycles. The first-order valence-corrected chi connectivity index (χ1v) is 5.05. The molecule has 0 bridgehead atoms. The van der Waals surface area contributed by atoms with E-state index in [2.05, 4.69) is 10.1 Å². The maximum absolute atomic E-state index is 12.2. The second-order valence-electron chi connectivity index (χ2n) is 3.49. The van der Waals surface area contributed by atoms with Crippen molar-refractivity contribution >= 4 is 0 Å². The number of benzene rings is 1. The van der Waals surface area contributed by atoms with E-state index in [1.165, 1.54) is 19.1 Å². The maximum atomic E-state index is 12.2. The predicted molar refractivity (Wildman–Crippen MR) is 55.4 cm³/mol. The first-order chi connectivity index (χ1) is 8.00. The topological polar surface area (TPSA) is 21.3 Å². The number of ether oxygens (including phenoxy) is 1. The van der Waals surface area contributed by atoms with Crippen molar-refractivity contribution in [1.29, 1.82) is 0 Å². The van der Waals surface area contributed by atoms with E-state index in [1.807, 2.05) is 0 Å². The number of hydrogen-bond acceptors (Lipinski definition) is 2. The van der Waals surface area contributed by atoms with Crippen LogP contribution in [-0.2, 0) is 6.54 Å². The van der Waals surface area contributed by atoms with Crippen LogP contribution in [-0.4, -0.2) is 19.1 Å². The molecule has 0 aromatic heterocycles. The van der Waals surface area contributed by atoms with E-state index in [-0.39, 0.29) is 12.3 Å². The van der Waals surface area contributed by atoms with Crippen LogP contribution >= 0.6 is 0 Å². The minimum atomic E-state index is -2.93. The second kappa shape index (κ2) is 6.44. The lowest BCUT2D eigenvalue weighted by molar-refractivity contribution is -0.0505. The fraction of sp³-hybridized carbons (Fsp3) is 0.455. The molecular formula is C11H13F4NO. The number of rotatable bonds is 6. The summed E-state index contributed by atoms with van der Waals surface area (Å²) < 4.78 is 52.9. The zero-order chi connectivity index (χ0) is 12.8. The summed E-state index contributed by atoms with van der Waals surface area (Å²) in [5.41, 5.74) is 0.417. The van der Waals surface area contributed by atoms with Crippen molar-refractivity contribution in [1.82, 2.24) is 5.32 Å². The maximum Gasteiger partial charge on any atom is 0.387 e. The van der Waals surface area contributed by atoms with E-state index in [4.69, 9.17) is 0 Å². The van der Waals surface area contributed by atoms with Crippen molar-refractivity contribution in [2.75, 3.05) is 0 Å². The highest BCUT2D eigenvalue weighted by molar-refractivity contribution is 5.33. The molecular weight excluding hydrogens is 238 g/mol. The van der Waals surface area contributed by atoms with Crippen LogP contribution in [0.3, 0.4) is 0 Å². The highest BCUT2D eigenvalue weighted by Gasteiger charge is 2.15. The molecule has 0 radical (unpaired) electrons. The van der Waals surface area contributed by atoms with Gasteiger partial charge in [0.05, 0.1) is 6.04 Å². The zero-order valence-electron chi connectivity index (χ0n) is 9.17. The van der Waals surface area contributed by atoms with Gasteiger partial charge in [0.25, 0.3) is 6.43 Å². The van der Waals surface area contributed by atoms with Gasteiger partial charge in [0.2, 0.25) is 0 Å². The summed E-state index contributed by atoms with van der Waals surface area (Å²) in [6, 6.07) is 5.08. The van der Waals surface area contributed by atoms with Crippen molar-refractivity contribution in [3.63, 3.8) is 0 Å². The summed E-state index contributed by atoms with van der Waals surface area (Å²) in [4.78, 5) is 0. The largest absolute Gasteiger partial charge is 0.434 e. The number of halogens is 4. The first-order valence-electron chi connectivity index (χ1n) is 5.05. The highest BCUT2D eigenvalue weighted by Crippen LogP contribution is 2.20. The van der Waals surface area contributed by atoms with E-state index in [1.54, 1.807) is 12.1 Å². The van der Waals surface area contributed by atoms with Crippen molar-refractivity contribution in [2.45, 2.75) is 32.5 Å². The molecule has 0 aliphatic heterocycles. The summed E-state index contributed by atoms with van der Waals surface area (Å²) in [7, 11) is 0. The Bertz CT molecular complexity index is 346. The Morgan fingerprint density at radius 2 is 1.82 bits per heavy atom. The Balaban J connectivity index is 2.63. The van der Waals surface area contributed by atoms with Crippen LogP contribution in [0.15, 0.2) is 24.3 Å². The number of para-hydroxylation sites is 1. The van der Waals surface area contributed by atoms with Crippen LogP contribution in [0.25, 0.3) is 0 Å². The van der Waals surface area contributed by atoms with Gasteiger partial charge in [0.1, 0.15) is 5.75 Å². The third-order valence-corrected chi connectivity index (χ3v) is 2.18. The monoisotopic (exact) mass is 251 g/mol. The van der Waals surface area contributed by atoms with E-state index < -0.39 is 19.1 Å². The van der Waals surface area contributed by atoms with E-state index in [9.17, 15) is 17.6 Å². The summed E-state index contributed by atoms with van der Waals surface area (Å²) in [6.45, 7) is -1.56. The minimum Gasteiger partial charge on any atom is -0.434 e. The molecule has 1 unspecified atom stereocenters. The Hall–Kier alpha value is -1.30. The molecule has 1 atom stereocenters. The van der Waals surface area contributed by atoms with Crippen molar-refractivity contribution in [3.8, 4) is 5.75 Å². The Morgan fingerprint density at radius 1 is 1.18 bits per heavy atom. The van der Waals surface area contributed by atoms with Gasteiger partial charge in [0, 0.05) is 12.1 Å². The third kappa shape index (κ3) is 4.60. The van der Waals surface area contributed by atoms with Gasteiger partial charge in [-0.15, -0.1) is 0 Å². The number of hydrogen-bond donors (Lipinski definition) is 1. The van der Waals surface area contributed by atoms with Crippen molar-refractivity contribution in [2.24, 2.45) is 0 Å². The SMILES string of the molecule is CC(NCc1ccccc1OC(F)F)C(F)F. The third-order valence-electron chi connectivity index (χ3n) is 2.18. The predicted octanol–water partition coefficient (Wildman–Crippen LogP) is 3.03. The molecule has 1 aromatic rings. The van der Waals surface area contributed by atoms with Crippen LogP contribution in [0.5, 0.6) is 5.75 Å².